The molecule has 1 aliphatic rings. The molecule has 7 nitrogen and oxygen atoms in total. The van der Waals surface area contributed by atoms with Crippen LogP contribution < -0.4 is 10.6 Å². The highest BCUT2D eigenvalue weighted by atomic mass is 16.5. The van der Waals surface area contributed by atoms with E-state index in [0.29, 0.717) is 5.92 Å². The molecule has 0 saturated heterocycles. The fourth-order valence-corrected chi connectivity index (χ4v) is 2.21. The van der Waals surface area contributed by atoms with E-state index < -0.39 is 31.1 Å². The highest BCUT2D eigenvalue weighted by Gasteiger charge is 2.23. The Balaban J connectivity index is 2.18. The Labute approximate surface area is 111 Å². The van der Waals surface area contributed by atoms with Crippen molar-refractivity contribution < 1.29 is 24.2 Å². The van der Waals surface area contributed by atoms with Crippen molar-refractivity contribution in [2.45, 2.75) is 38.6 Å². The smallest absolute Gasteiger partial charge is 0.329 e. The number of rotatable bonds is 6. The lowest BCUT2D eigenvalue weighted by atomic mass is 10.0. The summed E-state index contributed by atoms with van der Waals surface area (Å²) in [6.07, 6.45) is 4.55. The molecule has 3 amide bonds. The van der Waals surface area contributed by atoms with Gasteiger partial charge in [-0.2, -0.15) is 0 Å². The van der Waals surface area contributed by atoms with Crippen molar-refractivity contribution in [1.29, 1.82) is 0 Å². The second-order valence-corrected chi connectivity index (χ2v) is 4.74. The van der Waals surface area contributed by atoms with Gasteiger partial charge in [-0.25, -0.2) is 9.59 Å². The molecule has 1 saturated carbocycles. The first-order valence-corrected chi connectivity index (χ1v) is 6.39. The van der Waals surface area contributed by atoms with Crippen LogP contribution in [0.15, 0.2) is 0 Å². The number of nitrogens with one attached hydrogen (secondary N) is 2. The molecule has 0 aromatic heterocycles. The number of urea groups is 1. The lowest BCUT2D eigenvalue weighted by molar-refractivity contribution is -0.143. The van der Waals surface area contributed by atoms with E-state index in [-0.39, 0.29) is 6.04 Å². The molecule has 0 aromatic rings. The van der Waals surface area contributed by atoms with Gasteiger partial charge in [-0.1, -0.05) is 12.8 Å². The summed E-state index contributed by atoms with van der Waals surface area (Å²) in [7, 11) is 0. The highest BCUT2D eigenvalue weighted by Crippen LogP contribution is 2.27. The van der Waals surface area contributed by atoms with Crippen LogP contribution in [0, 0.1) is 5.92 Å². The number of hydrogen-bond acceptors (Lipinski definition) is 4. The normalized spacial score (nSPS) is 16.9. The molecule has 1 aliphatic carbocycles. The quantitative estimate of drug-likeness (QED) is 0.652. The zero-order chi connectivity index (χ0) is 14.3. The number of amides is 3. The maximum Gasteiger partial charge on any atom is 0.329 e. The summed E-state index contributed by atoms with van der Waals surface area (Å²) in [5.74, 6) is -1.35. The summed E-state index contributed by atoms with van der Waals surface area (Å²) in [4.78, 5) is 32.9. The number of aliphatic carboxylic acids is 1. The molecule has 1 fully saturated rings. The summed E-state index contributed by atoms with van der Waals surface area (Å²) in [5.41, 5.74) is 0. The number of imide groups is 1. The second kappa shape index (κ2) is 7.73. The predicted molar refractivity (Wildman–Crippen MR) is 66.5 cm³/mol. The first-order valence-electron chi connectivity index (χ1n) is 6.39. The van der Waals surface area contributed by atoms with Crippen molar-refractivity contribution in [2.75, 3.05) is 13.2 Å². The van der Waals surface area contributed by atoms with Crippen LogP contribution in [-0.2, 0) is 14.3 Å². The summed E-state index contributed by atoms with van der Waals surface area (Å²) >= 11 is 0. The van der Waals surface area contributed by atoms with E-state index in [1.54, 1.807) is 0 Å². The minimum absolute atomic E-state index is 0.0234. The van der Waals surface area contributed by atoms with Crippen LogP contribution >= 0.6 is 0 Å². The Morgan fingerprint density at radius 3 is 2.47 bits per heavy atom. The summed E-state index contributed by atoms with van der Waals surface area (Å²) < 4.78 is 4.57. The molecule has 19 heavy (non-hydrogen) atoms. The van der Waals surface area contributed by atoms with Gasteiger partial charge in [0.05, 0.1) is 0 Å². The van der Waals surface area contributed by atoms with Gasteiger partial charge in [0, 0.05) is 6.04 Å². The summed E-state index contributed by atoms with van der Waals surface area (Å²) in [5, 5.41) is 13.1. The number of hydrogen-bond donors (Lipinski definition) is 3. The van der Waals surface area contributed by atoms with Crippen molar-refractivity contribution in [1.82, 2.24) is 10.6 Å². The number of carboxylic acid groups (broad SMARTS) is 1. The van der Waals surface area contributed by atoms with Crippen LogP contribution in [0.4, 0.5) is 4.79 Å². The second-order valence-electron chi connectivity index (χ2n) is 4.74. The van der Waals surface area contributed by atoms with Crippen LogP contribution in [0.2, 0.25) is 0 Å². The fraction of sp³-hybridized carbons (Fsp3) is 0.750. The topological polar surface area (TPSA) is 105 Å². The number of carbonyl (C=O) groups is 3. The summed E-state index contributed by atoms with van der Waals surface area (Å²) in [6, 6.07) is -0.543. The number of carbonyl (C=O) groups excluding carboxylic acids is 2. The number of ether oxygens (including phenoxy) is 1. The zero-order valence-electron chi connectivity index (χ0n) is 11.0. The molecule has 0 heterocycles. The first kappa shape index (κ1) is 15.4. The Morgan fingerprint density at radius 1 is 1.26 bits per heavy atom. The van der Waals surface area contributed by atoms with E-state index in [2.05, 4.69) is 15.4 Å². The van der Waals surface area contributed by atoms with Gasteiger partial charge in [-0.15, -0.1) is 0 Å². The van der Waals surface area contributed by atoms with E-state index in [1.165, 1.54) is 12.8 Å². The molecule has 0 aliphatic heterocycles. The maximum atomic E-state index is 11.5. The predicted octanol–water partition coefficient (Wildman–Crippen LogP) is 0.492. The van der Waals surface area contributed by atoms with E-state index in [1.807, 2.05) is 6.92 Å². The minimum Gasteiger partial charge on any atom is -0.480 e. The van der Waals surface area contributed by atoms with Crippen LogP contribution in [0.1, 0.15) is 32.6 Å². The van der Waals surface area contributed by atoms with Gasteiger partial charge in [-0.3, -0.25) is 10.1 Å². The molecule has 0 radical (unpaired) electrons. The Kier molecular flexibility index (Phi) is 6.27. The lowest BCUT2D eigenvalue weighted by Crippen LogP contribution is -2.46. The van der Waals surface area contributed by atoms with Gasteiger partial charge in [0.2, 0.25) is 0 Å². The van der Waals surface area contributed by atoms with Gasteiger partial charge in [0.1, 0.15) is 13.2 Å². The monoisotopic (exact) mass is 272 g/mol. The van der Waals surface area contributed by atoms with Gasteiger partial charge in [0.25, 0.3) is 5.91 Å². The molecule has 0 bridgehead atoms. The molecule has 0 spiro atoms. The molecule has 3 N–H and O–H groups in total. The zero-order valence-corrected chi connectivity index (χ0v) is 11.0. The Bertz CT molecular complexity index is 339. The van der Waals surface area contributed by atoms with Crippen molar-refractivity contribution in [2.24, 2.45) is 5.92 Å². The first-order chi connectivity index (χ1) is 8.99. The highest BCUT2D eigenvalue weighted by molar-refractivity contribution is 5.95. The van der Waals surface area contributed by atoms with E-state index in [9.17, 15) is 14.4 Å². The lowest BCUT2D eigenvalue weighted by Gasteiger charge is -2.20. The molecule has 0 aromatic carbocycles. The van der Waals surface area contributed by atoms with E-state index >= 15 is 0 Å². The van der Waals surface area contributed by atoms with E-state index in [0.717, 1.165) is 12.8 Å². The molecule has 108 valence electrons. The fourth-order valence-electron chi connectivity index (χ4n) is 2.21. The molecule has 1 unspecified atom stereocenters. The van der Waals surface area contributed by atoms with Crippen molar-refractivity contribution in [3.8, 4) is 0 Å². The molecule has 1 rings (SSSR count). The van der Waals surface area contributed by atoms with Gasteiger partial charge in [-0.05, 0) is 25.7 Å². The van der Waals surface area contributed by atoms with Gasteiger partial charge < -0.3 is 15.2 Å². The minimum atomic E-state index is -1.16. The average molecular weight is 272 g/mol. The van der Waals surface area contributed by atoms with Gasteiger partial charge >= 0.3 is 12.0 Å². The SMILES string of the molecule is CC(NC(=O)NC(=O)COCC(=O)O)C1CCCC1. The summed E-state index contributed by atoms with van der Waals surface area (Å²) in [6.45, 7) is 0.909. The van der Waals surface area contributed by atoms with Crippen molar-refractivity contribution in [3.05, 3.63) is 0 Å². The van der Waals surface area contributed by atoms with Crippen molar-refractivity contribution >= 4 is 17.9 Å². The molecule has 1 atom stereocenters. The average Bonchev–Trinajstić information content (AvgIpc) is 2.81. The van der Waals surface area contributed by atoms with E-state index in [4.69, 9.17) is 5.11 Å². The third-order valence-corrected chi connectivity index (χ3v) is 3.18. The molecular weight excluding hydrogens is 252 g/mol. The van der Waals surface area contributed by atoms with Crippen LogP contribution in [0.5, 0.6) is 0 Å². The van der Waals surface area contributed by atoms with Crippen LogP contribution in [0.3, 0.4) is 0 Å². The standard InChI is InChI=1S/C12H20N2O5/c1-8(9-4-2-3-5-9)13-12(18)14-10(15)6-19-7-11(16)17/h8-9H,2-7H2,1H3,(H,16,17)(H2,13,14,15,18). The third kappa shape index (κ3) is 6.19. The van der Waals surface area contributed by atoms with Crippen LogP contribution in [-0.4, -0.2) is 42.3 Å². The largest absolute Gasteiger partial charge is 0.480 e. The Morgan fingerprint density at radius 2 is 1.89 bits per heavy atom. The third-order valence-electron chi connectivity index (χ3n) is 3.18. The molecular formula is C12H20N2O5. The Hall–Kier alpha value is -1.63. The number of carboxylic acids is 1. The molecule has 7 heteroatoms. The van der Waals surface area contributed by atoms with Crippen molar-refractivity contribution in [3.63, 3.8) is 0 Å². The van der Waals surface area contributed by atoms with Crippen LogP contribution in [0.25, 0.3) is 0 Å². The van der Waals surface area contributed by atoms with Gasteiger partial charge in [0.15, 0.2) is 0 Å². The maximum absolute atomic E-state index is 11.5.